The van der Waals surface area contributed by atoms with Crippen LogP contribution in [-0.4, -0.2) is 24.9 Å². The van der Waals surface area contributed by atoms with Gasteiger partial charge in [0.1, 0.15) is 0 Å². The molecule has 0 spiro atoms. The predicted octanol–water partition coefficient (Wildman–Crippen LogP) is 4.10. The van der Waals surface area contributed by atoms with Gasteiger partial charge in [-0.15, -0.1) is 0 Å². The van der Waals surface area contributed by atoms with Gasteiger partial charge in [-0.3, -0.25) is 0 Å². The SMILES string of the molecule is Cc1cc2nc3nc(N)nc(NC(C)(C)CC(C)(C)C)n3c2cc1C. The summed E-state index contributed by atoms with van der Waals surface area (Å²) in [6.07, 6.45) is 0.982. The number of hydrogen-bond acceptors (Lipinski definition) is 5. The highest BCUT2D eigenvalue weighted by Crippen LogP contribution is 2.30. The molecular formula is C19H28N6. The minimum atomic E-state index is -0.150. The van der Waals surface area contributed by atoms with Crippen LogP contribution in [0.4, 0.5) is 11.9 Å². The van der Waals surface area contributed by atoms with Gasteiger partial charge < -0.3 is 11.1 Å². The van der Waals surface area contributed by atoms with Crippen molar-refractivity contribution in [3.05, 3.63) is 23.3 Å². The van der Waals surface area contributed by atoms with Crippen molar-refractivity contribution >= 4 is 28.7 Å². The second kappa shape index (κ2) is 5.58. The van der Waals surface area contributed by atoms with Crippen LogP contribution in [0.1, 0.15) is 52.2 Å². The van der Waals surface area contributed by atoms with Gasteiger partial charge in [0.15, 0.2) is 0 Å². The molecular weight excluding hydrogens is 312 g/mol. The Kier molecular flexibility index (Phi) is 3.89. The summed E-state index contributed by atoms with van der Waals surface area (Å²) in [6, 6.07) is 4.21. The van der Waals surface area contributed by atoms with Gasteiger partial charge in [0, 0.05) is 5.54 Å². The molecule has 1 aromatic carbocycles. The van der Waals surface area contributed by atoms with Crippen molar-refractivity contribution in [3.8, 4) is 0 Å². The zero-order valence-corrected chi connectivity index (χ0v) is 16.2. The van der Waals surface area contributed by atoms with Gasteiger partial charge in [-0.25, -0.2) is 9.38 Å². The molecule has 0 saturated heterocycles. The number of fused-ring (bicyclic) bond motifs is 3. The lowest BCUT2D eigenvalue weighted by atomic mass is 9.82. The molecule has 3 aromatic rings. The Hall–Kier alpha value is -2.37. The smallest absolute Gasteiger partial charge is 0.241 e. The predicted molar refractivity (Wildman–Crippen MR) is 104 cm³/mol. The van der Waals surface area contributed by atoms with E-state index in [1.165, 1.54) is 11.1 Å². The maximum Gasteiger partial charge on any atom is 0.241 e. The van der Waals surface area contributed by atoms with Crippen LogP contribution < -0.4 is 11.1 Å². The fourth-order valence-electron chi connectivity index (χ4n) is 3.65. The molecule has 3 N–H and O–H groups in total. The Morgan fingerprint density at radius 1 is 1.00 bits per heavy atom. The molecule has 2 aromatic heterocycles. The fourth-order valence-corrected chi connectivity index (χ4v) is 3.65. The number of anilines is 2. The van der Waals surface area contributed by atoms with Gasteiger partial charge in [0.25, 0.3) is 0 Å². The van der Waals surface area contributed by atoms with E-state index in [0.717, 1.165) is 17.5 Å². The summed E-state index contributed by atoms with van der Waals surface area (Å²) < 4.78 is 1.96. The van der Waals surface area contributed by atoms with E-state index in [4.69, 9.17) is 5.73 Å². The van der Waals surface area contributed by atoms with E-state index < -0.39 is 0 Å². The van der Waals surface area contributed by atoms with E-state index in [1.54, 1.807) is 0 Å². The van der Waals surface area contributed by atoms with Gasteiger partial charge in [-0.2, -0.15) is 9.97 Å². The number of benzene rings is 1. The van der Waals surface area contributed by atoms with Crippen LogP contribution >= 0.6 is 0 Å². The molecule has 0 aliphatic heterocycles. The van der Waals surface area contributed by atoms with Crippen LogP contribution in [0.2, 0.25) is 0 Å². The van der Waals surface area contributed by atoms with Gasteiger partial charge in [0.2, 0.25) is 17.7 Å². The van der Waals surface area contributed by atoms with Crippen LogP contribution in [0.5, 0.6) is 0 Å². The number of nitrogens with one attached hydrogen (secondary N) is 1. The molecule has 0 atom stereocenters. The monoisotopic (exact) mass is 340 g/mol. The second-order valence-electron chi connectivity index (χ2n) is 8.82. The zero-order valence-electron chi connectivity index (χ0n) is 16.2. The summed E-state index contributed by atoms with van der Waals surface area (Å²) in [5, 5.41) is 3.56. The number of rotatable bonds is 3. The molecule has 3 rings (SSSR count). The molecule has 0 aliphatic rings. The summed E-state index contributed by atoms with van der Waals surface area (Å²) in [6.45, 7) is 15.2. The summed E-state index contributed by atoms with van der Waals surface area (Å²) in [4.78, 5) is 13.4. The van der Waals surface area contributed by atoms with Crippen molar-refractivity contribution in [1.29, 1.82) is 0 Å². The standard InChI is InChI=1S/C19H28N6/c1-11-8-13-14(9-12(11)2)25-16(21-13)22-15(20)23-17(25)24-19(6,7)10-18(3,4)5/h8-9H,10H2,1-7H3,(H3,20,21,22,23,24). The van der Waals surface area contributed by atoms with E-state index in [9.17, 15) is 0 Å². The maximum absolute atomic E-state index is 5.94. The quantitative estimate of drug-likeness (QED) is 0.750. The Balaban J connectivity index is 2.19. The normalized spacial score (nSPS) is 12.9. The molecule has 0 amide bonds. The lowest BCUT2D eigenvalue weighted by Gasteiger charge is -2.33. The van der Waals surface area contributed by atoms with Crippen molar-refractivity contribution in [1.82, 2.24) is 19.4 Å². The molecule has 25 heavy (non-hydrogen) atoms. The summed E-state index contributed by atoms with van der Waals surface area (Å²) in [7, 11) is 0. The Labute approximate surface area is 148 Å². The first-order chi connectivity index (χ1) is 11.5. The Morgan fingerprint density at radius 2 is 1.64 bits per heavy atom. The van der Waals surface area contributed by atoms with Crippen molar-refractivity contribution in [2.24, 2.45) is 5.41 Å². The van der Waals surface area contributed by atoms with Crippen LogP contribution in [0.15, 0.2) is 12.1 Å². The lowest BCUT2D eigenvalue weighted by molar-refractivity contribution is 0.301. The number of aromatic nitrogens is 4. The summed E-state index contributed by atoms with van der Waals surface area (Å²) in [5.74, 6) is 1.48. The van der Waals surface area contributed by atoms with E-state index in [-0.39, 0.29) is 16.9 Å². The minimum absolute atomic E-state index is 0.150. The average molecular weight is 340 g/mol. The van der Waals surface area contributed by atoms with Crippen molar-refractivity contribution in [2.45, 2.75) is 60.4 Å². The highest BCUT2D eigenvalue weighted by Gasteiger charge is 2.27. The number of hydrogen-bond donors (Lipinski definition) is 2. The topological polar surface area (TPSA) is 81.1 Å². The van der Waals surface area contributed by atoms with E-state index in [1.807, 2.05) is 4.40 Å². The zero-order chi connectivity index (χ0) is 18.6. The molecule has 0 saturated carbocycles. The van der Waals surface area contributed by atoms with Gasteiger partial charge in [-0.1, -0.05) is 20.8 Å². The largest absolute Gasteiger partial charge is 0.368 e. The van der Waals surface area contributed by atoms with Gasteiger partial charge in [-0.05, 0) is 62.8 Å². The summed E-state index contributed by atoms with van der Waals surface area (Å²) in [5.41, 5.74) is 10.3. The minimum Gasteiger partial charge on any atom is -0.368 e. The number of imidazole rings is 1. The molecule has 0 fully saturated rings. The van der Waals surface area contributed by atoms with Crippen molar-refractivity contribution < 1.29 is 0 Å². The third-order valence-electron chi connectivity index (χ3n) is 4.32. The number of nitrogen functional groups attached to an aromatic ring is 1. The third kappa shape index (κ3) is 3.52. The van der Waals surface area contributed by atoms with Gasteiger partial charge >= 0.3 is 0 Å². The lowest BCUT2D eigenvalue weighted by Crippen LogP contribution is -2.36. The molecule has 0 unspecified atom stereocenters. The molecule has 0 radical (unpaired) electrons. The van der Waals surface area contributed by atoms with E-state index >= 15 is 0 Å². The maximum atomic E-state index is 5.94. The molecule has 0 bridgehead atoms. The molecule has 6 heteroatoms. The van der Waals surface area contributed by atoms with Crippen LogP contribution in [0.25, 0.3) is 16.8 Å². The summed E-state index contributed by atoms with van der Waals surface area (Å²) >= 11 is 0. The molecule has 2 heterocycles. The first-order valence-electron chi connectivity index (χ1n) is 8.66. The number of nitrogens with zero attached hydrogens (tertiary/aromatic N) is 4. The third-order valence-corrected chi connectivity index (χ3v) is 4.32. The Bertz CT molecular complexity index is 946. The highest BCUT2D eigenvalue weighted by atomic mass is 15.3. The van der Waals surface area contributed by atoms with E-state index in [0.29, 0.717) is 11.7 Å². The van der Waals surface area contributed by atoms with Gasteiger partial charge in [0.05, 0.1) is 11.0 Å². The first kappa shape index (κ1) is 17.5. The number of aryl methyl sites for hydroxylation is 2. The average Bonchev–Trinajstić information content (AvgIpc) is 2.72. The van der Waals surface area contributed by atoms with Crippen LogP contribution in [-0.2, 0) is 0 Å². The molecule has 134 valence electrons. The van der Waals surface area contributed by atoms with Crippen LogP contribution in [0, 0.1) is 19.3 Å². The molecule has 6 nitrogen and oxygen atoms in total. The fraction of sp³-hybridized carbons (Fsp3) is 0.526. The van der Waals surface area contributed by atoms with Crippen LogP contribution in [0.3, 0.4) is 0 Å². The number of nitrogens with two attached hydrogens (primary N) is 1. The van der Waals surface area contributed by atoms with Crippen molar-refractivity contribution in [3.63, 3.8) is 0 Å². The molecule has 0 aliphatic carbocycles. The Morgan fingerprint density at radius 3 is 2.28 bits per heavy atom. The first-order valence-corrected chi connectivity index (χ1v) is 8.66. The second-order valence-corrected chi connectivity index (χ2v) is 8.82. The van der Waals surface area contributed by atoms with Crippen molar-refractivity contribution in [2.75, 3.05) is 11.1 Å². The van der Waals surface area contributed by atoms with E-state index in [2.05, 4.69) is 80.9 Å². The highest BCUT2D eigenvalue weighted by molar-refractivity contribution is 5.82.